The van der Waals surface area contributed by atoms with Crippen LogP contribution in [0, 0.1) is 5.41 Å². The number of oxime groups is 1. The quantitative estimate of drug-likeness (QED) is 0.369. The first-order valence-corrected chi connectivity index (χ1v) is 5.95. The molecule has 1 aromatic carbocycles. The molecule has 2 rings (SSSR count). The molecule has 0 aromatic heterocycles. The van der Waals surface area contributed by atoms with Gasteiger partial charge in [0.2, 0.25) is 5.91 Å². The van der Waals surface area contributed by atoms with Crippen LogP contribution in [-0.2, 0) is 4.79 Å². The van der Waals surface area contributed by atoms with Crippen LogP contribution in [0.15, 0.2) is 29.4 Å². The number of hydrogen-bond acceptors (Lipinski definition) is 4. The van der Waals surface area contributed by atoms with Gasteiger partial charge in [-0.2, -0.15) is 0 Å². The van der Waals surface area contributed by atoms with E-state index in [1.54, 1.807) is 38.4 Å². The van der Waals surface area contributed by atoms with E-state index in [4.69, 9.17) is 15.7 Å². The fourth-order valence-electron chi connectivity index (χ4n) is 2.04. The summed E-state index contributed by atoms with van der Waals surface area (Å²) in [5, 5.41) is 11.7. The van der Waals surface area contributed by atoms with Crippen molar-refractivity contribution in [2.45, 2.75) is 12.8 Å². The van der Waals surface area contributed by atoms with E-state index < -0.39 is 5.41 Å². The van der Waals surface area contributed by atoms with Crippen molar-refractivity contribution in [1.29, 1.82) is 0 Å². The van der Waals surface area contributed by atoms with E-state index in [2.05, 4.69) is 5.16 Å². The molecule has 1 fully saturated rings. The average Bonchev–Trinajstić information content (AvgIpc) is 3.26. The Balaban J connectivity index is 2.19. The lowest BCUT2D eigenvalue weighted by atomic mass is 10.0. The molecule has 1 amide bonds. The molecule has 3 N–H and O–H groups in total. The summed E-state index contributed by atoms with van der Waals surface area (Å²) in [6, 6.07) is 7.14. The molecule has 0 heterocycles. The van der Waals surface area contributed by atoms with Crippen LogP contribution < -0.4 is 15.4 Å². The molecule has 1 aliphatic rings. The fraction of sp³-hybridized carbons (Fsp3) is 0.385. The highest BCUT2D eigenvalue weighted by Crippen LogP contribution is 2.47. The van der Waals surface area contributed by atoms with E-state index in [-0.39, 0.29) is 11.7 Å². The zero-order valence-electron chi connectivity index (χ0n) is 11.0. The zero-order chi connectivity index (χ0) is 14.0. The Labute approximate surface area is 111 Å². The van der Waals surface area contributed by atoms with Gasteiger partial charge in [0, 0.05) is 12.7 Å². The molecule has 0 bridgehead atoms. The van der Waals surface area contributed by atoms with Crippen LogP contribution in [0.3, 0.4) is 0 Å². The van der Waals surface area contributed by atoms with Crippen molar-refractivity contribution >= 4 is 17.4 Å². The van der Waals surface area contributed by atoms with Crippen molar-refractivity contribution in [2.24, 2.45) is 16.3 Å². The molecule has 0 saturated heterocycles. The number of ether oxygens (including phenoxy) is 1. The van der Waals surface area contributed by atoms with Gasteiger partial charge in [0.25, 0.3) is 0 Å². The first kappa shape index (κ1) is 13.2. The highest BCUT2D eigenvalue weighted by atomic mass is 16.5. The van der Waals surface area contributed by atoms with Crippen LogP contribution in [0.4, 0.5) is 5.69 Å². The molecule has 1 aromatic rings. The standard InChI is InChI=1S/C13H17N3O3/c1-16(9-3-5-10(19-2)6-4-9)12(17)13(7-8-13)11(14)15-18/h3-6,18H,7-8H2,1-2H3,(H2,14,15). The molecule has 1 aliphatic carbocycles. The van der Waals surface area contributed by atoms with Gasteiger partial charge in [-0.15, -0.1) is 0 Å². The normalized spacial score (nSPS) is 16.8. The van der Waals surface area contributed by atoms with Gasteiger partial charge in [-0.05, 0) is 37.1 Å². The zero-order valence-corrected chi connectivity index (χ0v) is 11.0. The van der Waals surface area contributed by atoms with Gasteiger partial charge >= 0.3 is 0 Å². The topological polar surface area (TPSA) is 88.2 Å². The molecule has 6 nitrogen and oxygen atoms in total. The van der Waals surface area contributed by atoms with E-state index in [0.717, 1.165) is 11.4 Å². The Hall–Kier alpha value is -2.24. The number of nitrogens with zero attached hydrogens (tertiary/aromatic N) is 2. The minimum atomic E-state index is -0.830. The highest BCUT2D eigenvalue weighted by Gasteiger charge is 2.55. The molecule has 0 aliphatic heterocycles. The van der Waals surface area contributed by atoms with Crippen LogP contribution >= 0.6 is 0 Å². The van der Waals surface area contributed by atoms with Crippen molar-refractivity contribution in [3.63, 3.8) is 0 Å². The van der Waals surface area contributed by atoms with Crippen LogP contribution in [0.25, 0.3) is 0 Å². The summed E-state index contributed by atoms with van der Waals surface area (Å²) < 4.78 is 5.07. The smallest absolute Gasteiger partial charge is 0.240 e. The summed E-state index contributed by atoms with van der Waals surface area (Å²) >= 11 is 0. The van der Waals surface area contributed by atoms with Crippen LogP contribution in [0.5, 0.6) is 5.75 Å². The molecule has 1 saturated carbocycles. The van der Waals surface area contributed by atoms with E-state index in [0.29, 0.717) is 12.8 Å². The molecule has 0 radical (unpaired) electrons. The second-order valence-electron chi connectivity index (χ2n) is 4.63. The Bertz CT molecular complexity index is 506. The summed E-state index contributed by atoms with van der Waals surface area (Å²) in [7, 11) is 3.26. The predicted octanol–water partition coefficient (Wildman–Crippen LogP) is 1.18. The van der Waals surface area contributed by atoms with E-state index in [9.17, 15) is 4.79 Å². The van der Waals surface area contributed by atoms with E-state index in [1.165, 1.54) is 4.90 Å². The lowest BCUT2D eigenvalue weighted by Gasteiger charge is -2.22. The van der Waals surface area contributed by atoms with Gasteiger partial charge in [-0.25, -0.2) is 0 Å². The third kappa shape index (κ3) is 2.21. The van der Waals surface area contributed by atoms with Crippen molar-refractivity contribution in [2.75, 3.05) is 19.1 Å². The summed E-state index contributed by atoms with van der Waals surface area (Å²) in [6.07, 6.45) is 1.23. The number of amidine groups is 1. The lowest BCUT2D eigenvalue weighted by Crippen LogP contribution is -2.41. The summed E-state index contributed by atoms with van der Waals surface area (Å²) in [5.74, 6) is 0.549. The Kier molecular flexibility index (Phi) is 3.33. The molecule has 0 unspecified atom stereocenters. The maximum atomic E-state index is 12.4. The number of benzene rings is 1. The molecule has 6 heteroatoms. The number of rotatable bonds is 4. The largest absolute Gasteiger partial charge is 0.497 e. The van der Waals surface area contributed by atoms with Crippen molar-refractivity contribution in [1.82, 2.24) is 0 Å². The molecule has 102 valence electrons. The van der Waals surface area contributed by atoms with Gasteiger partial charge in [0.05, 0.1) is 7.11 Å². The molecule has 19 heavy (non-hydrogen) atoms. The maximum absolute atomic E-state index is 12.4. The molecular weight excluding hydrogens is 246 g/mol. The summed E-state index contributed by atoms with van der Waals surface area (Å²) in [5.41, 5.74) is 5.52. The van der Waals surface area contributed by atoms with Gasteiger partial charge in [-0.3, -0.25) is 4.79 Å². The first-order chi connectivity index (χ1) is 9.05. The third-order valence-corrected chi connectivity index (χ3v) is 3.52. The Morgan fingerprint density at radius 2 is 2.00 bits per heavy atom. The Morgan fingerprint density at radius 1 is 1.42 bits per heavy atom. The third-order valence-electron chi connectivity index (χ3n) is 3.52. The summed E-state index contributed by atoms with van der Waals surface area (Å²) in [6.45, 7) is 0. The van der Waals surface area contributed by atoms with Crippen LogP contribution in [0.2, 0.25) is 0 Å². The Morgan fingerprint density at radius 3 is 2.42 bits per heavy atom. The highest BCUT2D eigenvalue weighted by molar-refractivity contribution is 6.15. The van der Waals surface area contributed by atoms with Gasteiger partial charge in [0.1, 0.15) is 11.2 Å². The minimum absolute atomic E-state index is 0.0159. The maximum Gasteiger partial charge on any atom is 0.240 e. The predicted molar refractivity (Wildman–Crippen MR) is 71.5 cm³/mol. The van der Waals surface area contributed by atoms with E-state index >= 15 is 0 Å². The SMILES string of the molecule is COc1ccc(N(C)C(=O)C2(/C(N)=N/O)CC2)cc1. The monoisotopic (exact) mass is 263 g/mol. The van der Waals surface area contributed by atoms with Crippen LogP contribution in [0.1, 0.15) is 12.8 Å². The fourth-order valence-corrected chi connectivity index (χ4v) is 2.04. The van der Waals surface area contributed by atoms with Gasteiger partial charge in [-0.1, -0.05) is 5.16 Å². The molecule has 0 atom stereocenters. The number of hydrogen-bond donors (Lipinski definition) is 2. The lowest BCUT2D eigenvalue weighted by molar-refractivity contribution is -0.121. The minimum Gasteiger partial charge on any atom is -0.497 e. The average molecular weight is 263 g/mol. The number of anilines is 1. The van der Waals surface area contributed by atoms with E-state index in [1.807, 2.05) is 0 Å². The van der Waals surface area contributed by atoms with Gasteiger partial charge in [0.15, 0.2) is 5.84 Å². The number of carbonyl (C=O) groups excluding carboxylic acids is 1. The summed E-state index contributed by atoms with van der Waals surface area (Å²) in [4.78, 5) is 13.9. The second-order valence-corrected chi connectivity index (χ2v) is 4.63. The van der Waals surface area contributed by atoms with Crippen molar-refractivity contribution in [3.8, 4) is 5.75 Å². The molecule has 0 spiro atoms. The first-order valence-electron chi connectivity index (χ1n) is 5.95. The molecular formula is C13H17N3O3. The van der Waals surface area contributed by atoms with Crippen LogP contribution in [-0.4, -0.2) is 31.1 Å². The number of nitrogens with two attached hydrogens (primary N) is 1. The second kappa shape index (κ2) is 4.79. The number of methoxy groups -OCH3 is 1. The number of carbonyl (C=O) groups is 1. The van der Waals surface area contributed by atoms with Crippen molar-refractivity contribution < 1.29 is 14.7 Å². The number of amides is 1. The van der Waals surface area contributed by atoms with Crippen molar-refractivity contribution in [3.05, 3.63) is 24.3 Å². The van der Waals surface area contributed by atoms with Gasteiger partial charge < -0.3 is 20.6 Å².